The molecule has 0 aliphatic heterocycles. The van der Waals surface area contributed by atoms with E-state index in [2.05, 4.69) is 0 Å². The predicted octanol–water partition coefficient (Wildman–Crippen LogP) is 5.53. The Labute approximate surface area is 618 Å². The van der Waals surface area contributed by atoms with Crippen LogP contribution in [0.5, 0.6) is 0 Å². The summed E-state index contributed by atoms with van der Waals surface area (Å²) in [7, 11) is 0. The molecule has 2 aliphatic rings. The predicted molar refractivity (Wildman–Crippen MR) is 345 cm³/mol. The van der Waals surface area contributed by atoms with E-state index in [0.717, 1.165) is 74.9 Å². The van der Waals surface area contributed by atoms with Gasteiger partial charge < -0.3 is 56.8 Å². The Balaban J connectivity index is 0.0000405. The molecule has 514 valence electrons. The Morgan fingerprint density at radius 1 is 0.297 bits per heavy atom. The fourth-order valence-corrected chi connectivity index (χ4v) is 11.4. The first-order valence-electron chi connectivity index (χ1n) is 28.4. The number of esters is 12. The van der Waals surface area contributed by atoms with Gasteiger partial charge in [-0.1, -0.05) is 0 Å². The summed E-state index contributed by atoms with van der Waals surface area (Å²) in [6.07, 6.45) is 18.3. The van der Waals surface area contributed by atoms with Crippen molar-refractivity contribution in [2.45, 2.75) is 57.8 Å². The largest absolute Gasteiger partial charge is 0.488 e. The van der Waals surface area contributed by atoms with Crippen molar-refractivity contribution in [2.75, 3.05) is 174 Å². The smallest absolute Gasteiger partial charge is 0.317 e. The second-order valence-corrected chi connectivity index (χ2v) is 28.2. The van der Waals surface area contributed by atoms with Gasteiger partial charge in [0.15, 0.2) is 11.9 Å². The summed E-state index contributed by atoms with van der Waals surface area (Å²) in [5.74, 6) is -6.41. The van der Waals surface area contributed by atoms with Crippen LogP contribution in [0.15, 0.2) is 0 Å². The van der Waals surface area contributed by atoms with Crippen molar-refractivity contribution < 1.29 is 180 Å². The molecule has 0 aromatic carbocycles. The van der Waals surface area contributed by atoms with Crippen molar-refractivity contribution in [1.29, 1.82) is 0 Å². The molecule has 24 nitrogen and oxygen atoms in total. The fraction of sp³-hybridized carbons (Fsp3) is 0.754. The zero-order valence-electron chi connectivity index (χ0n) is 52.6. The van der Waals surface area contributed by atoms with Crippen LogP contribution in [0.25, 0.3) is 0 Å². The molecule has 0 aromatic heterocycles. The van der Waals surface area contributed by atoms with Gasteiger partial charge in [0, 0.05) is 65.4 Å². The third-order valence-corrected chi connectivity index (χ3v) is 18.0. The van der Waals surface area contributed by atoms with Crippen LogP contribution < -0.4 is 0 Å². The van der Waals surface area contributed by atoms with Crippen LogP contribution in [-0.4, -0.2) is 246 Å². The minimum atomic E-state index is -1.37. The third-order valence-electron chi connectivity index (χ3n) is 13.2. The Hall–Kier alpha value is -1.61. The summed E-state index contributed by atoms with van der Waals surface area (Å²) in [6, 6.07) is 0. The molecule has 0 unspecified atom stereocenters. The van der Waals surface area contributed by atoms with E-state index < -0.39 is 102 Å². The zero-order valence-corrected chi connectivity index (χ0v) is 64.8. The molecule has 0 amide bonds. The first kappa shape index (κ1) is 89.4. The molecule has 2 rings (SSSR count). The van der Waals surface area contributed by atoms with Crippen LogP contribution >= 0.6 is 94.1 Å². The number of carbonyl (C=O) groups is 12. The minimum Gasteiger partial charge on any atom is -0.488 e. The van der Waals surface area contributed by atoms with Crippen molar-refractivity contribution in [3.05, 3.63) is 12.8 Å². The molecular weight excluding hydrogens is 1500 g/mol. The summed E-state index contributed by atoms with van der Waals surface area (Å²) in [5, 5.41) is 0. The minimum absolute atomic E-state index is 0. The Bertz CT molecular complexity index is 1950. The first-order chi connectivity index (χ1) is 42.7. The molecule has 0 heterocycles. The van der Waals surface area contributed by atoms with E-state index >= 15 is 0 Å². The van der Waals surface area contributed by atoms with Crippen LogP contribution in [0.1, 0.15) is 57.8 Å². The Morgan fingerprint density at radius 3 is 0.703 bits per heavy atom. The van der Waals surface area contributed by atoms with E-state index in [1.54, 1.807) is 37.5 Å². The molecule has 0 aromatic rings. The topological polar surface area (TPSA) is 316 Å². The van der Waals surface area contributed by atoms with Gasteiger partial charge in [-0.25, -0.2) is 0 Å². The quantitative estimate of drug-likeness (QED) is 0.0238. The average molecular weight is 1590 g/mol. The molecule has 34 heteroatoms. The van der Waals surface area contributed by atoms with Gasteiger partial charge in [0.05, 0.1) is 72.5 Å². The molecule has 2 radical (unpaired) electrons. The second kappa shape index (κ2) is 54.4. The zero-order chi connectivity index (χ0) is 65.7. The number of hydrogen-bond donors (Lipinski definition) is 0. The Morgan fingerprint density at radius 2 is 0.495 bits per heavy atom. The summed E-state index contributed by atoms with van der Waals surface area (Å²) >= 11 is 9.65. The van der Waals surface area contributed by atoms with Gasteiger partial charge in [0.25, 0.3) is 0 Å². The van der Waals surface area contributed by atoms with Gasteiger partial charge >= 0.3 is 59.7 Å². The summed E-state index contributed by atoms with van der Waals surface area (Å²) < 4.78 is 65.1. The molecule has 0 atom stereocenters. The van der Waals surface area contributed by atoms with E-state index in [1.807, 2.05) is 0 Å². The van der Waals surface area contributed by atoms with Gasteiger partial charge in [-0.15, -0.1) is 11.5 Å². The van der Waals surface area contributed by atoms with Gasteiger partial charge in [-0.3, -0.25) is 70.4 Å². The molecule has 0 N–H and O–H groups in total. The number of ether oxygens (including phenoxy) is 12. The SMILES string of the molecule is CSCC(=O)OCC(COC(=O)CSC)(COC(=O)CSC)COC(=O)CSC[CH-]C(=O)OCC1CCC(COC(=O)CC(=O)OCC2CCC(COC(=O)[CH-]CSCC(=O)OCC(COC(=O)CSC)(COC(=O)CSC)COC(=O)CSC)CC2)CC1.[Y].[Y]. The standard InChI is InChI=1S/C57H86O24S8.2Y/c1-82-24-48(62)74-32-56(33-75-49(63)25-83-2,34-76-50(64)26-84-3)38-80-54(68)30-88-17-15-44(58)70-20-40-7-11-42(12-8-40)22-72-46(60)19-47(61)73-23-43-13-9-41(10-14-43)21-71-45(59)16-18-89-31-55(69)81-39-57(35-77-51(65)27-85-4,36-78-52(66)28-86-5)37-79-53(67)29-87-6;;/h15-16,40-43H,7-14,17-39H2,1-6H3;;/q-2;;. The molecule has 0 spiro atoms. The van der Waals surface area contributed by atoms with E-state index in [4.69, 9.17) is 56.8 Å². The van der Waals surface area contributed by atoms with Crippen molar-refractivity contribution in [2.24, 2.45) is 34.5 Å². The van der Waals surface area contributed by atoms with E-state index in [-0.39, 0.29) is 213 Å². The second-order valence-electron chi connectivity index (χ2n) is 20.9. The Kier molecular flexibility index (Phi) is 53.4. The van der Waals surface area contributed by atoms with Crippen LogP contribution in [0.2, 0.25) is 0 Å². The summed E-state index contributed by atoms with van der Waals surface area (Å²) in [5.41, 5.74) is -2.74. The fourth-order valence-electron chi connectivity index (χ4n) is 8.24. The molecule has 2 saturated carbocycles. The maximum atomic E-state index is 12.8. The van der Waals surface area contributed by atoms with E-state index in [0.29, 0.717) is 0 Å². The van der Waals surface area contributed by atoms with E-state index in [9.17, 15) is 57.5 Å². The first-order valence-corrected chi connectivity index (χ1v) is 39.0. The maximum Gasteiger partial charge on any atom is 0.317 e. The van der Waals surface area contributed by atoms with Crippen LogP contribution in [0.4, 0.5) is 0 Å². The third kappa shape index (κ3) is 44.0. The van der Waals surface area contributed by atoms with Crippen LogP contribution in [0.3, 0.4) is 0 Å². The molecule has 91 heavy (non-hydrogen) atoms. The summed E-state index contributed by atoms with van der Waals surface area (Å²) in [6.45, 7) is -2.18. The van der Waals surface area contributed by atoms with Crippen molar-refractivity contribution in [3.63, 3.8) is 0 Å². The number of hydrogen-bond acceptors (Lipinski definition) is 32. The molecule has 2 aliphatic carbocycles. The molecular formula is C57H86O24S8Y2-2. The van der Waals surface area contributed by atoms with Gasteiger partial charge in [0.1, 0.15) is 70.1 Å². The van der Waals surface area contributed by atoms with Crippen LogP contribution in [-0.2, 0) is 180 Å². The molecule has 0 saturated heterocycles. The van der Waals surface area contributed by atoms with E-state index in [1.165, 1.54) is 83.4 Å². The number of carbonyl (C=O) groups excluding carboxylic acids is 12. The monoisotopic (exact) mass is 1590 g/mol. The van der Waals surface area contributed by atoms with Crippen molar-refractivity contribution >= 4 is 166 Å². The molecule has 2 fully saturated rings. The van der Waals surface area contributed by atoms with Gasteiger partial charge in [-0.2, -0.15) is 94.1 Å². The van der Waals surface area contributed by atoms with Crippen LogP contribution in [0, 0.1) is 47.3 Å². The normalized spacial score (nSPS) is 16.1. The van der Waals surface area contributed by atoms with Gasteiger partial charge in [0.2, 0.25) is 0 Å². The summed E-state index contributed by atoms with van der Waals surface area (Å²) in [4.78, 5) is 149. The van der Waals surface area contributed by atoms with Crippen molar-refractivity contribution in [3.8, 4) is 0 Å². The van der Waals surface area contributed by atoms with Crippen molar-refractivity contribution in [1.82, 2.24) is 0 Å². The number of rotatable bonds is 48. The van der Waals surface area contributed by atoms with Gasteiger partial charge in [-0.05, 0) is 113 Å². The average Bonchev–Trinajstić information content (AvgIpc) is 3.35. The number of thioether (sulfide) groups is 8. The maximum absolute atomic E-state index is 12.8. The molecule has 0 bridgehead atoms.